The first kappa shape index (κ1) is 47.6. The fourth-order valence-electron chi connectivity index (χ4n) is 7.04. The van der Waals surface area contributed by atoms with Gasteiger partial charge in [-0.15, -0.1) is 0 Å². The second-order valence-corrected chi connectivity index (χ2v) is 29.5. The van der Waals surface area contributed by atoms with Crippen LogP contribution >= 0.6 is 23.2 Å². The van der Waals surface area contributed by atoms with Crippen LogP contribution in [-0.4, -0.2) is 99.9 Å². The molecule has 2 aliphatic rings. The van der Waals surface area contributed by atoms with Crippen molar-refractivity contribution >= 4 is 51.4 Å². The molecular weight excluding hydrogens is 858 g/mol. The predicted octanol–water partition coefficient (Wildman–Crippen LogP) is 10.3. The van der Waals surface area contributed by atoms with Crippen molar-refractivity contribution < 1.29 is 23.1 Å². The number of hydrogen-bond donors (Lipinski definition) is 1. The molecule has 0 saturated carbocycles. The zero-order chi connectivity index (χ0) is 45.2. The lowest BCUT2D eigenvalue weighted by molar-refractivity contribution is 0.00441. The summed E-state index contributed by atoms with van der Waals surface area (Å²) in [5.41, 5.74) is 5.39. The third kappa shape index (κ3) is 10.7. The van der Waals surface area contributed by atoms with E-state index in [-0.39, 0.29) is 28.5 Å². The van der Waals surface area contributed by atoms with Crippen molar-refractivity contribution in [1.29, 1.82) is 5.26 Å². The van der Waals surface area contributed by atoms with E-state index in [1.54, 1.807) is 31.5 Å². The van der Waals surface area contributed by atoms with Crippen LogP contribution in [0.15, 0.2) is 48.7 Å². The van der Waals surface area contributed by atoms with Gasteiger partial charge in [-0.1, -0.05) is 95.1 Å². The number of nitrogens with zero attached hydrogens (tertiary/aromatic N) is 6. The minimum Gasteiger partial charge on any atom is -0.480 e. The normalized spacial score (nSPS) is 15.4. The Morgan fingerprint density at radius 1 is 0.935 bits per heavy atom. The Balaban J connectivity index is 1.17. The number of hydrogen-bond acceptors (Lipinski definition) is 11. The van der Waals surface area contributed by atoms with Gasteiger partial charge in [-0.05, 0) is 48.8 Å². The van der Waals surface area contributed by atoms with E-state index in [0.29, 0.717) is 75.9 Å². The SMILES string of the molecule is COc1nc(-c2cccc(-c3cccc(NC(=O)c4cc(OCC#N)c5c(n4)CN(CCO[Si](C)(C)C(C)(C)C)CC5)c3Cl)c2Cl)cnc1CN1CC(O[Si](C)(C)C(C)(C)C)C1. The van der Waals surface area contributed by atoms with Crippen LogP contribution in [0.3, 0.4) is 0 Å². The van der Waals surface area contributed by atoms with Crippen LogP contribution < -0.4 is 14.8 Å². The summed E-state index contributed by atoms with van der Waals surface area (Å²) in [4.78, 5) is 32.9. The van der Waals surface area contributed by atoms with Crippen molar-refractivity contribution in [3.8, 4) is 40.1 Å². The van der Waals surface area contributed by atoms with Crippen molar-refractivity contribution in [2.45, 2.75) is 103 Å². The first-order valence-electron chi connectivity index (χ1n) is 21.2. The van der Waals surface area contributed by atoms with Crippen molar-refractivity contribution in [3.63, 3.8) is 0 Å². The van der Waals surface area contributed by atoms with E-state index in [1.807, 2.05) is 30.3 Å². The lowest BCUT2D eigenvalue weighted by Crippen LogP contribution is -2.57. The van der Waals surface area contributed by atoms with Crippen LogP contribution in [0.25, 0.3) is 22.4 Å². The van der Waals surface area contributed by atoms with Gasteiger partial charge in [0.1, 0.15) is 23.2 Å². The number of nitrogens with one attached hydrogen (secondary N) is 1. The number of nitriles is 1. The molecule has 4 aromatic rings. The molecule has 2 aromatic carbocycles. The maximum Gasteiger partial charge on any atom is 0.274 e. The molecule has 62 heavy (non-hydrogen) atoms. The zero-order valence-electron chi connectivity index (χ0n) is 38.0. The zero-order valence-corrected chi connectivity index (χ0v) is 41.6. The number of carbonyl (C=O) groups excluding carboxylic acids is 1. The van der Waals surface area contributed by atoms with Gasteiger partial charge in [0.15, 0.2) is 23.2 Å². The maximum atomic E-state index is 13.9. The molecule has 16 heteroatoms. The molecule has 4 heterocycles. The molecule has 332 valence electrons. The summed E-state index contributed by atoms with van der Waals surface area (Å²) in [7, 11) is -2.15. The number of benzene rings is 2. The van der Waals surface area contributed by atoms with Gasteiger partial charge in [0.25, 0.3) is 5.91 Å². The number of ether oxygens (including phenoxy) is 2. The number of anilines is 1. The van der Waals surface area contributed by atoms with Crippen molar-refractivity contribution in [1.82, 2.24) is 24.8 Å². The van der Waals surface area contributed by atoms with Gasteiger partial charge < -0.3 is 23.6 Å². The summed E-state index contributed by atoms with van der Waals surface area (Å²) in [5, 5.41) is 13.3. The highest BCUT2D eigenvalue weighted by atomic mass is 35.5. The number of carbonyl (C=O) groups is 1. The first-order valence-corrected chi connectivity index (χ1v) is 27.8. The number of fused-ring (bicyclic) bond motifs is 1. The molecule has 0 atom stereocenters. The molecule has 6 rings (SSSR count). The molecule has 1 saturated heterocycles. The molecule has 0 unspecified atom stereocenters. The van der Waals surface area contributed by atoms with Gasteiger partial charge in [0.05, 0.1) is 46.5 Å². The second-order valence-electron chi connectivity index (χ2n) is 19.2. The minimum atomic E-state index is -1.90. The summed E-state index contributed by atoms with van der Waals surface area (Å²) in [6.07, 6.45) is 2.60. The van der Waals surface area contributed by atoms with Crippen LogP contribution in [0.2, 0.25) is 46.3 Å². The molecule has 0 radical (unpaired) electrons. The minimum absolute atomic E-state index is 0.119. The Labute approximate surface area is 379 Å². The lowest BCUT2D eigenvalue weighted by atomic mass is 10.0. The smallest absolute Gasteiger partial charge is 0.274 e. The number of rotatable bonds is 15. The molecule has 1 fully saturated rings. The van der Waals surface area contributed by atoms with Gasteiger partial charge >= 0.3 is 0 Å². The van der Waals surface area contributed by atoms with E-state index < -0.39 is 22.5 Å². The highest BCUT2D eigenvalue weighted by molar-refractivity contribution is 6.74. The Bertz CT molecular complexity index is 2320. The van der Waals surface area contributed by atoms with Crippen molar-refractivity contribution in [2.75, 3.05) is 51.8 Å². The van der Waals surface area contributed by atoms with Gasteiger partial charge in [-0.3, -0.25) is 19.6 Å². The maximum absolute atomic E-state index is 13.9. The standard InChI is InChI=1S/C46H61Cl2N7O5Si2/c1-45(2,3)61(8,9)59-23-21-54-20-18-33-38(28-54)51-36(24-40(33)58-22-19-49)43(56)52-35-17-13-15-32(42(35)48)31-14-12-16-34(41(31)47)37-25-50-39(44(53-37)57-7)29-55-26-30(27-55)60-62(10,11)46(4,5)6/h12-17,24-25,30H,18,20-23,26-29H2,1-11H3,(H,52,56). The van der Waals surface area contributed by atoms with Crippen LogP contribution in [0.1, 0.15) is 69.0 Å². The van der Waals surface area contributed by atoms with Gasteiger partial charge in [0, 0.05) is 74.2 Å². The topological polar surface area (TPSA) is 135 Å². The average molecular weight is 919 g/mol. The number of amides is 1. The Hall–Kier alpha value is -3.92. The van der Waals surface area contributed by atoms with Crippen LogP contribution in [0, 0.1) is 11.3 Å². The molecule has 0 aliphatic carbocycles. The third-order valence-corrected chi connectivity index (χ3v) is 22.7. The van der Waals surface area contributed by atoms with E-state index in [4.69, 9.17) is 56.5 Å². The predicted molar refractivity (Wildman–Crippen MR) is 252 cm³/mol. The first-order chi connectivity index (χ1) is 29.1. The van der Waals surface area contributed by atoms with Gasteiger partial charge in [-0.25, -0.2) is 9.97 Å². The molecule has 1 N–H and O–H groups in total. The van der Waals surface area contributed by atoms with E-state index in [1.165, 1.54) is 0 Å². The summed E-state index contributed by atoms with van der Waals surface area (Å²) < 4.78 is 24.6. The largest absolute Gasteiger partial charge is 0.480 e. The number of likely N-dealkylation sites (tertiary alicyclic amines) is 1. The lowest BCUT2D eigenvalue weighted by Gasteiger charge is -2.46. The molecule has 0 spiro atoms. The van der Waals surface area contributed by atoms with Crippen molar-refractivity contribution in [2.24, 2.45) is 0 Å². The highest BCUT2D eigenvalue weighted by Gasteiger charge is 2.42. The van der Waals surface area contributed by atoms with Gasteiger partial charge in [-0.2, -0.15) is 5.26 Å². The quantitative estimate of drug-likeness (QED) is 0.114. The van der Waals surface area contributed by atoms with Gasteiger partial charge in [0.2, 0.25) is 5.88 Å². The fourth-order valence-corrected chi connectivity index (χ4v) is 10.0. The Kier molecular flexibility index (Phi) is 14.6. The summed E-state index contributed by atoms with van der Waals surface area (Å²) in [5.74, 6) is 0.447. The molecule has 0 bridgehead atoms. The fraction of sp³-hybridized carbons (Fsp3) is 0.500. The molecule has 1 amide bonds. The monoisotopic (exact) mass is 917 g/mol. The van der Waals surface area contributed by atoms with E-state index in [2.05, 4.69) is 82.8 Å². The van der Waals surface area contributed by atoms with E-state index in [0.717, 1.165) is 43.1 Å². The number of halogens is 2. The number of aromatic nitrogens is 3. The Morgan fingerprint density at radius 3 is 2.26 bits per heavy atom. The Morgan fingerprint density at radius 2 is 1.60 bits per heavy atom. The highest BCUT2D eigenvalue weighted by Crippen LogP contribution is 2.42. The molecule has 12 nitrogen and oxygen atoms in total. The number of methoxy groups -OCH3 is 1. The van der Waals surface area contributed by atoms with Crippen LogP contribution in [0.4, 0.5) is 5.69 Å². The van der Waals surface area contributed by atoms with E-state index in [9.17, 15) is 10.1 Å². The average Bonchev–Trinajstić information content (AvgIpc) is 3.19. The molecular formula is C46H61Cl2N7O5Si2. The second kappa shape index (κ2) is 19.0. The summed E-state index contributed by atoms with van der Waals surface area (Å²) in [6.45, 7) is 27.3. The molecule has 2 aromatic heterocycles. The molecule has 2 aliphatic heterocycles. The third-order valence-electron chi connectivity index (χ3n) is 12.8. The number of pyridine rings is 1. The van der Waals surface area contributed by atoms with Crippen LogP contribution in [0.5, 0.6) is 11.6 Å². The van der Waals surface area contributed by atoms with Crippen molar-refractivity contribution in [3.05, 3.63) is 81.4 Å². The van der Waals surface area contributed by atoms with Crippen LogP contribution in [-0.2, 0) is 28.4 Å². The summed E-state index contributed by atoms with van der Waals surface area (Å²) >= 11 is 14.2. The van der Waals surface area contributed by atoms with E-state index >= 15 is 0 Å². The summed E-state index contributed by atoms with van der Waals surface area (Å²) in [6, 6.07) is 14.7.